The fourth-order valence-electron chi connectivity index (χ4n) is 6.61. The maximum atomic E-state index is 14.0. The molecule has 1 amide bonds. The number of likely N-dealkylation sites (tertiary alicyclic amines) is 1. The zero-order valence-electron chi connectivity index (χ0n) is 21.1. The zero-order chi connectivity index (χ0) is 26.5. The van der Waals surface area contributed by atoms with Gasteiger partial charge in [0.05, 0.1) is 23.8 Å². The van der Waals surface area contributed by atoms with Gasteiger partial charge in [-0.2, -0.15) is 0 Å². The Bertz CT molecular complexity index is 1630. The molecule has 0 radical (unpaired) electrons. The number of carbonyl (C=O) groups is 1. The summed E-state index contributed by atoms with van der Waals surface area (Å²) < 4.78 is 38.4. The van der Waals surface area contributed by atoms with Crippen molar-refractivity contribution in [2.45, 2.75) is 43.8 Å². The molecule has 10 heteroatoms. The van der Waals surface area contributed by atoms with E-state index in [2.05, 4.69) is 15.9 Å². The summed E-state index contributed by atoms with van der Waals surface area (Å²) in [5, 5.41) is 0.939. The van der Waals surface area contributed by atoms with Gasteiger partial charge in [-0.05, 0) is 59.0 Å². The Morgan fingerprint density at radius 1 is 1.24 bits per heavy atom. The van der Waals surface area contributed by atoms with Crippen molar-refractivity contribution >= 4 is 43.8 Å². The number of alkyl halides is 2. The summed E-state index contributed by atoms with van der Waals surface area (Å²) in [7, 11) is 3.46. The minimum absolute atomic E-state index is 0.0334. The number of nitrogens with two attached hydrogens (primary N) is 1. The van der Waals surface area contributed by atoms with E-state index < -0.39 is 11.8 Å². The van der Waals surface area contributed by atoms with Crippen LogP contribution in [0.1, 0.15) is 29.6 Å². The molecule has 3 unspecified atom stereocenters. The first-order valence-electron chi connectivity index (χ1n) is 12.9. The van der Waals surface area contributed by atoms with E-state index in [1.165, 1.54) is 0 Å². The number of rotatable bonds is 5. The van der Waals surface area contributed by atoms with Gasteiger partial charge in [-0.25, -0.2) is 13.8 Å². The van der Waals surface area contributed by atoms with Crippen LogP contribution in [0, 0.1) is 11.8 Å². The molecule has 2 aromatic carbocycles. The number of aromatic nitrogens is 3. The molecule has 198 valence electrons. The van der Waals surface area contributed by atoms with Crippen LogP contribution in [0.4, 0.5) is 8.78 Å². The third-order valence-electron chi connectivity index (χ3n) is 8.77. The van der Waals surface area contributed by atoms with Crippen molar-refractivity contribution in [1.82, 2.24) is 19.0 Å². The number of para-hydroxylation sites is 1. The summed E-state index contributed by atoms with van der Waals surface area (Å²) >= 11 is 3.62. The summed E-state index contributed by atoms with van der Waals surface area (Å²) in [6.07, 6.45) is 1.89. The molecule has 2 aliphatic carbocycles. The van der Waals surface area contributed by atoms with Gasteiger partial charge in [0, 0.05) is 60.0 Å². The third kappa shape index (κ3) is 3.45. The lowest BCUT2D eigenvalue weighted by molar-refractivity contribution is 0.0700. The largest absolute Gasteiger partial charge is 0.494 e. The maximum Gasteiger partial charge on any atom is 0.254 e. The van der Waals surface area contributed by atoms with E-state index in [1.54, 1.807) is 19.2 Å². The standard InChI is InChI=1S/C28H28BrF2N5O2/c1-34-25-19(8-16(10-22(25)38-2)27(37)36-12-15-6-7-20(36)23(15)32)33-26(34)21-9-14-4-3-5-18(29)24(14)35(21)13-17-11-28(17,30)31/h3-5,8-10,15,17,20,23H,6-7,11-13,32H2,1-2H3/t15?,17?,20?,23-/m1/s1. The summed E-state index contributed by atoms with van der Waals surface area (Å²) in [5.41, 5.74) is 9.83. The van der Waals surface area contributed by atoms with E-state index >= 15 is 0 Å². The van der Waals surface area contributed by atoms with Crippen LogP contribution in [0.5, 0.6) is 5.75 Å². The molecule has 2 N–H and O–H groups in total. The highest BCUT2D eigenvalue weighted by atomic mass is 79.9. The molecule has 2 bridgehead atoms. The highest BCUT2D eigenvalue weighted by Crippen LogP contribution is 2.51. The molecule has 1 saturated heterocycles. The number of imidazole rings is 1. The third-order valence-corrected chi connectivity index (χ3v) is 9.41. The number of fused-ring (bicyclic) bond motifs is 4. The minimum atomic E-state index is -2.64. The highest BCUT2D eigenvalue weighted by molar-refractivity contribution is 9.10. The number of hydrogen-bond donors (Lipinski definition) is 1. The monoisotopic (exact) mass is 583 g/mol. The first kappa shape index (κ1) is 24.1. The number of methoxy groups -OCH3 is 1. The molecule has 2 saturated carbocycles. The summed E-state index contributed by atoms with van der Waals surface area (Å²) in [5.74, 6) is -1.89. The molecule has 3 fully saturated rings. The Morgan fingerprint density at radius 2 is 2.03 bits per heavy atom. The van der Waals surface area contributed by atoms with Gasteiger partial charge in [0.1, 0.15) is 11.3 Å². The van der Waals surface area contributed by atoms with E-state index in [0.717, 1.165) is 39.4 Å². The fraction of sp³-hybridized carbons (Fsp3) is 0.429. The molecule has 0 spiro atoms. The van der Waals surface area contributed by atoms with Crippen LogP contribution < -0.4 is 10.5 Å². The normalized spacial score (nSPS) is 25.6. The summed E-state index contributed by atoms with van der Waals surface area (Å²) in [4.78, 5) is 20.4. The lowest BCUT2D eigenvalue weighted by Gasteiger charge is -2.27. The van der Waals surface area contributed by atoms with Crippen molar-refractivity contribution in [3.8, 4) is 17.3 Å². The van der Waals surface area contributed by atoms with Crippen molar-refractivity contribution < 1.29 is 18.3 Å². The molecule has 38 heavy (non-hydrogen) atoms. The molecule has 2 aromatic heterocycles. The van der Waals surface area contributed by atoms with Crippen molar-refractivity contribution in [1.29, 1.82) is 0 Å². The molecule has 3 aliphatic rings. The molecule has 4 atom stereocenters. The van der Waals surface area contributed by atoms with E-state index in [9.17, 15) is 13.6 Å². The van der Waals surface area contributed by atoms with Gasteiger partial charge in [-0.3, -0.25) is 4.79 Å². The van der Waals surface area contributed by atoms with E-state index in [-0.39, 0.29) is 31.0 Å². The van der Waals surface area contributed by atoms with Gasteiger partial charge in [0.25, 0.3) is 11.8 Å². The van der Waals surface area contributed by atoms with Gasteiger partial charge < -0.3 is 24.5 Å². The van der Waals surface area contributed by atoms with Crippen LogP contribution in [0.25, 0.3) is 33.5 Å². The average molecular weight is 584 g/mol. The minimum Gasteiger partial charge on any atom is -0.494 e. The number of hydrogen-bond acceptors (Lipinski definition) is 4. The lowest BCUT2D eigenvalue weighted by atomic mass is 10.1. The van der Waals surface area contributed by atoms with Crippen molar-refractivity contribution in [2.75, 3.05) is 13.7 Å². The second-order valence-electron chi connectivity index (χ2n) is 11.0. The van der Waals surface area contributed by atoms with Gasteiger partial charge in [-0.1, -0.05) is 12.1 Å². The summed E-state index contributed by atoms with van der Waals surface area (Å²) in [6.45, 7) is 0.871. The smallest absolute Gasteiger partial charge is 0.254 e. The second kappa shape index (κ2) is 8.26. The van der Waals surface area contributed by atoms with Crippen LogP contribution in [-0.4, -0.2) is 56.6 Å². The Labute approximate surface area is 226 Å². The van der Waals surface area contributed by atoms with Crippen molar-refractivity contribution in [3.63, 3.8) is 0 Å². The topological polar surface area (TPSA) is 78.3 Å². The number of carbonyl (C=O) groups excluding carboxylic acids is 1. The quantitative estimate of drug-likeness (QED) is 0.351. The average Bonchev–Trinajstić information content (AvgIpc) is 3.31. The Morgan fingerprint density at radius 3 is 2.68 bits per heavy atom. The molecular formula is C28H28BrF2N5O2. The fourth-order valence-corrected chi connectivity index (χ4v) is 7.20. The highest BCUT2D eigenvalue weighted by Gasteiger charge is 2.57. The number of amides is 1. The SMILES string of the molecule is COc1cc(C(=O)N2CC3CCC2[C@@H]3N)cc2nc(-c3cc4cccc(Br)c4n3CC3CC3(F)F)n(C)c12. The summed E-state index contributed by atoms with van der Waals surface area (Å²) in [6, 6.07) is 11.5. The van der Waals surface area contributed by atoms with E-state index in [1.807, 2.05) is 45.3 Å². The van der Waals surface area contributed by atoms with Crippen LogP contribution in [0.3, 0.4) is 0 Å². The first-order valence-corrected chi connectivity index (χ1v) is 13.7. The predicted molar refractivity (Wildman–Crippen MR) is 144 cm³/mol. The molecule has 7 nitrogen and oxygen atoms in total. The number of benzene rings is 2. The van der Waals surface area contributed by atoms with Gasteiger partial charge >= 0.3 is 0 Å². The Hall–Kier alpha value is -2.98. The van der Waals surface area contributed by atoms with Gasteiger partial charge in [-0.15, -0.1) is 0 Å². The molecule has 4 aromatic rings. The predicted octanol–water partition coefficient (Wildman–Crippen LogP) is 5.18. The maximum absolute atomic E-state index is 14.0. The van der Waals surface area contributed by atoms with Gasteiger partial charge in [0.2, 0.25) is 0 Å². The Kier molecular flexibility index (Phi) is 5.23. The van der Waals surface area contributed by atoms with Crippen molar-refractivity contribution in [3.05, 3.63) is 46.4 Å². The number of halogens is 3. The molecular weight excluding hydrogens is 556 g/mol. The number of piperidine rings is 1. The second-order valence-corrected chi connectivity index (χ2v) is 11.8. The molecule has 1 aliphatic heterocycles. The van der Waals surface area contributed by atoms with Crippen LogP contribution >= 0.6 is 15.9 Å². The zero-order valence-corrected chi connectivity index (χ0v) is 22.7. The van der Waals surface area contributed by atoms with Gasteiger partial charge in [0.15, 0.2) is 5.82 Å². The molecule has 3 heterocycles. The Balaban J connectivity index is 1.35. The number of aryl methyl sites for hydroxylation is 1. The van der Waals surface area contributed by atoms with Crippen LogP contribution in [-0.2, 0) is 13.6 Å². The lowest BCUT2D eigenvalue weighted by Crippen LogP contribution is -2.41. The first-order chi connectivity index (χ1) is 18.2. The van der Waals surface area contributed by atoms with Crippen molar-refractivity contribution in [2.24, 2.45) is 24.6 Å². The number of ether oxygens (including phenoxy) is 1. The molecule has 7 rings (SSSR count). The van der Waals surface area contributed by atoms with Crippen LogP contribution in [0.15, 0.2) is 40.9 Å². The van der Waals surface area contributed by atoms with Crippen LogP contribution in [0.2, 0.25) is 0 Å². The van der Waals surface area contributed by atoms with E-state index in [0.29, 0.717) is 35.1 Å². The number of nitrogens with zero attached hydrogens (tertiary/aromatic N) is 4. The van der Waals surface area contributed by atoms with E-state index in [4.69, 9.17) is 15.5 Å².